The van der Waals surface area contributed by atoms with Gasteiger partial charge in [0, 0.05) is 6.54 Å². The number of carbonyl (C=O) groups excluding carboxylic acids is 1. The van der Waals surface area contributed by atoms with Gasteiger partial charge in [-0.1, -0.05) is 12.1 Å². The molecule has 0 bridgehead atoms. The van der Waals surface area contributed by atoms with E-state index in [0.29, 0.717) is 5.76 Å². The highest BCUT2D eigenvalue weighted by molar-refractivity contribution is 7.87. The van der Waals surface area contributed by atoms with E-state index in [1.165, 1.54) is 24.7 Å². The van der Waals surface area contributed by atoms with Crippen LogP contribution in [0.2, 0.25) is 0 Å². The van der Waals surface area contributed by atoms with Crippen molar-refractivity contribution in [2.75, 3.05) is 0 Å². The lowest BCUT2D eigenvalue weighted by atomic mass is 10.2. The third kappa shape index (κ3) is 5.06. The molecule has 1 amide bonds. The molecule has 0 aliphatic carbocycles. The zero-order chi connectivity index (χ0) is 22.6. The van der Waals surface area contributed by atoms with Crippen LogP contribution in [-0.4, -0.2) is 19.2 Å². The molecular formula is C23H18FNO6S. The molecule has 0 fully saturated rings. The van der Waals surface area contributed by atoms with Crippen LogP contribution in [0.5, 0.6) is 5.75 Å². The largest absolute Gasteiger partial charge is 0.467 e. The van der Waals surface area contributed by atoms with Gasteiger partial charge in [0.25, 0.3) is 5.91 Å². The average molecular weight is 455 g/mol. The summed E-state index contributed by atoms with van der Waals surface area (Å²) in [5.74, 6) is 0.0345. The van der Waals surface area contributed by atoms with Gasteiger partial charge in [-0.2, -0.15) is 8.42 Å². The Morgan fingerprint density at radius 3 is 2.19 bits per heavy atom. The van der Waals surface area contributed by atoms with Crippen LogP contribution in [0.1, 0.15) is 21.9 Å². The number of nitrogens with zero attached hydrogens (tertiary/aromatic N) is 1. The second-order valence-corrected chi connectivity index (χ2v) is 8.40. The van der Waals surface area contributed by atoms with E-state index in [-0.39, 0.29) is 35.4 Å². The molecule has 0 spiro atoms. The molecule has 2 aromatic carbocycles. The van der Waals surface area contributed by atoms with Gasteiger partial charge in [0.05, 0.1) is 19.1 Å². The molecule has 4 aromatic rings. The number of benzene rings is 2. The van der Waals surface area contributed by atoms with E-state index in [4.69, 9.17) is 13.0 Å². The van der Waals surface area contributed by atoms with Crippen LogP contribution in [0.3, 0.4) is 0 Å². The van der Waals surface area contributed by atoms with E-state index in [1.54, 1.807) is 41.3 Å². The average Bonchev–Trinajstić information content (AvgIpc) is 3.49. The molecule has 0 saturated heterocycles. The quantitative estimate of drug-likeness (QED) is 0.360. The number of halogens is 1. The van der Waals surface area contributed by atoms with Crippen LogP contribution in [0, 0.1) is 5.82 Å². The van der Waals surface area contributed by atoms with Crippen molar-refractivity contribution in [2.45, 2.75) is 18.0 Å². The summed E-state index contributed by atoms with van der Waals surface area (Å²) in [4.78, 5) is 14.2. The lowest BCUT2D eigenvalue weighted by Gasteiger charge is -2.21. The summed E-state index contributed by atoms with van der Waals surface area (Å²) in [5, 5.41) is 0. The summed E-state index contributed by atoms with van der Waals surface area (Å²) in [6.07, 6.45) is 2.95. The molecule has 0 aliphatic heterocycles. The van der Waals surface area contributed by atoms with Crippen molar-refractivity contribution in [2.24, 2.45) is 0 Å². The fourth-order valence-electron chi connectivity index (χ4n) is 2.99. The highest BCUT2D eigenvalue weighted by Crippen LogP contribution is 2.21. The number of carbonyl (C=O) groups is 1. The topological polar surface area (TPSA) is 90.0 Å². The Bertz CT molecular complexity index is 1270. The molecule has 9 heteroatoms. The highest BCUT2D eigenvalue weighted by atomic mass is 32.2. The van der Waals surface area contributed by atoms with Crippen LogP contribution in [-0.2, 0) is 23.2 Å². The highest BCUT2D eigenvalue weighted by Gasteiger charge is 2.21. The van der Waals surface area contributed by atoms with Crippen LogP contribution < -0.4 is 4.18 Å². The van der Waals surface area contributed by atoms with Crippen molar-refractivity contribution in [3.05, 3.63) is 108 Å². The summed E-state index contributed by atoms with van der Waals surface area (Å²) in [6, 6.07) is 17.3. The van der Waals surface area contributed by atoms with Gasteiger partial charge in [-0.25, -0.2) is 4.39 Å². The van der Waals surface area contributed by atoms with Crippen molar-refractivity contribution in [1.29, 1.82) is 0 Å². The minimum absolute atomic E-state index is 0.0908. The molecule has 0 aliphatic rings. The number of furan rings is 2. The van der Waals surface area contributed by atoms with Gasteiger partial charge in [-0.15, -0.1) is 0 Å². The van der Waals surface area contributed by atoms with Crippen LogP contribution >= 0.6 is 0 Å². The first-order valence-electron chi connectivity index (χ1n) is 9.55. The lowest BCUT2D eigenvalue weighted by molar-refractivity contribution is 0.0685. The van der Waals surface area contributed by atoms with Crippen molar-refractivity contribution in [3.63, 3.8) is 0 Å². The molecule has 2 heterocycles. The molecule has 164 valence electrons. The van der Waals surface area contributed by atoms with Gasteiger partial charge in [0.2, 0.25) is 0 Å². The van der Waals surface area contributed by atoms with Crippen LogP contribution in [0.15, 0.2) is 99.1 Å². The fraction of sp³-hybridized carbons (Fsp3) is 0.0870. The minimum atomic E-state index is -4.10. The van der Waals surface area contributed by atoms with Gasteiger partial charge in [-0.05, 0) is 66.2 Å². The standard InChI is InChI=1S/C23H18FNO6S/c24-18-7-11-21(12-8-18)32(27,28)31-19-9-5-17(6-10-19)15-25(16-20-3-1-13-29-20)23(26)22-4-2-14-30-22/h1-14H,15-16H2. The van der Waals surface area contributed by atoms with Gasteiger partial charge in [0.1, 0.15) is 22.2 Å². The SMILES string of the molecule is O=C(c1ccco1)N(Cc1ccc(OS(=O)(=O)c2ccc(F)cc2)cc1)Cc1ccco1. The number of hydrogen-bond donors (Lipinski definition) is 0. The van der Waals surface area contributed by atoms with E-state index in [2.05, 4.69) is 0 Å². The monoisotopic (exact) mass is 455 g/mol. The van der Waals surface area contributed by atoms with Crippen molar-refractivity contribution < 1.29 is 30.6 Å². The van der Waals surface area contributed by atoms with E-state index in [9.17, 15) is 17.6 Å². The molecule has 0 unspecified atom stereocenters. The molecule has 32 heavy (non-hydrogen) atoms. The third-order valence-corrected chi connectivity index (χ3v) is 5.81. The first-order valence-corrected chi connectivity index (χ1v) is 11.0. The van der Waals surface area contributed by atoms with Gasteiger partial charge < -0.3 is 17.9 Å². The molecule has 4 rings (SSSR count). The molecular weight excluding hydrogens is 437 g/mol. The number of rotatable bonds is 8. The maximum atomic E-state index is 13.0. The first-order chi connectivity index (χ1) is 15.4. The van der Waals surface area contributed by atoms with Crippen molar-refractivity contribution in [3.8, 4) is 5.75 Å². The Kier molecular flexibility index (Phi) is 6.09. The molecule has 0 atom stereocenters. The summed E-state index contributed by atoms with van der Waals surface area (Å²) >= 11 is 0. The zero-order valence-corrected chi connectivity index (χ0v) is 17.5. The van der Waals surface area contributed by atoms with Gasteiger partial charge in [0.15, 0.2) is 5.76 Å². The predicted octanol–water partition coefficient (Wildman–Crippen LogP) is 4.62. The minimum Gasteiger partial charge on any atom is -0.467 e. The van der Waals surface area contributed by atoms with Gasteiger partial charge in [-0.3, -0.25) is 4.79 Å². The van der Waals surface area contributed by atoms with Crippen LogP contribution in [0.4, 0.5) is 4.39 Å². The first kappa shape index (κ1) is 21.4. The Hall–Kier alpha value is -3.85. The van der Waals surface area contributed by atoms with E-state index >= 15 is 0 Å². The van der Waals surface area contributed by atoms with Crippen LogP contribution in [0.25, 0.3) is 0 Å². The fourth-order valence-corrected chi connectivity index (χ4v) is 3.92. The molecule has 0 saturated carbocycles. The predicted molar refractivity (Wildman–Crippen MR) is 112 cm³/mol. The Morgan fingerprint density at radius 2 is 1.56 bits per heavy atom. The Morgan fingerprint density at radius 1 is 0.875 bits per heavy atom. The molecule has 0 radical (unpaired) electrons. The number of hydrogen-bond acceptors (Lipinski definition) is 6. The van der Waals surface area contributed by atoms with Gasteiger partial charge >= 0.3 is 10.1 Å². The maximum absolute atomic E-state index is 13.0. The van der Waals surface area contributed by atoms with E-state index < -0.39 is 15.9 Å². The summed E-state index contributed by atoms with van der Waals surface area (Å²) in [7, 11) is -4.10. The molecule has 0 N–H and O–H groups in total. The van der Waals surface area contributed by atoms with E-state index in [1.807, 2.05) is 0 Å². The van der Waals surface area contributed by atoms with Crippen molar-refractivity contribution in [1.82, 2.24) is 4.90 Å². The Labute approximate surface area is 183 Å². The third-order valence-electron chi connectivity index (χ3n) is 4.55. The van der Waals surface area contributed by atoms with Crippen molar-refractivity contribution >= 4 is 16.0 Å². The Balaban J connectivity index is 1.49. The molecule has 7 nitrogen and oxygen atoms in total. The second-order valence-electron chi connectivity index (χ2n) is 6.85. The maximum Gasteiger partial charge on any atom is 0.339 e. The lowest BCUT2D eigenvalue weighted by Crippen LogP contribution is -2.29. The summed E-state index contributed by atoms with van der Waals surface area (Å²) in [5.41, 5.74) is 0.739. The normalized spacial score (nSPS) is 11.3. The van der Waals surface area contributed by atoms with E-state index in [0.717, 1.165) is 29.8 Å². The summed E-state index contributed by atoms with van der Waals surface area (Å²) < 4.78 is 53.5. The number of amides is 1. The summed E-state index contributed by atoms with van der Waals surface area (Å²) in [6.45, 7) is 0.453. The zero-order valence-electron chi connectivity index (χ0n) is 16.7. The smallest absolute Gasteiger partial charge is 0.339 e. The molecule has 2 aromatic heterocycles. The second kappa shape index (κ2) is 9.11.